The summed E-state index contributed by atoms with van der Waals surface area (Å²) < 4.78 is 14.4. The summed E-state index contributed by atoms with van der Waals surface area (Å²) in [7, 11) is 0. The van der Waals surface area contributed by atoms with E-state index in [-0.39, 0.29) is 24.3 Å². The molecule has 41 heavy (non-hydrogen) atoms. The minimum absolute atomic E-state index is 0.251. The van der Waals surface area contributed by atoms with Crippen LogP contribution in [0.5, 0.6) is 5.75 Å². The van der Waals surface area contributed by atoms with Crippen molar-refractivity contribution in [1.29, 1.82) is 0 Å². The van der Waals surface area contributed by atoms with Gasteiger partial charge in [-0.2, -0.15) is 0 Å². The molecule has 0 spiro atoms. The van der Waals surface area contributed by atoms with Crippen LogP contribution in [0, 0.1) is 0 Å². The van der Waals surface area contributed by atoms with Gasteiger partial charge in [0.05, 0.1) is 22.2 Å². The Morgan fingerprint density at radius 2 is 1.80 bits per heavy atom. The van der Waals surface area contributed by atoms with Crippen molar-refractivity contribution >= 4 is 61.7 Å². The van der Waals surface area contributed by atoms with Gasteiger partial charge < -0.3 is 19.4 Å². The average molecular weight is 645 g/mol. The maximum absolute atomic E-state index is 13.4. The van der Waals surface area contributed by atoms with Crippen molar-refractivity contribution in [2.24, 2.45) is 0 Å². The van der Waals surface area contributed by atoms with E-state index in [1.165, 1.54) is 6.42 Å². The number of fused-ring (bicyclic) bond motifs is 1. The number of carbonyl (C=O) groups excluding carboxylic acids is 2. The number of nitrogens with zero attached hydrogens (tertiary/aromatic N) is 2. The molecule has 3 aromatic rings. The molecule has 0 bridgehead atoms. The number of anilines is 1. The van der Waals surface area contributed by atoms with E-state index in [0.29, 0.717) is 22.3 Å². The lowest BCUT2D eigenvalue weighted by molar-refractivity contribution is -0.123. The summed E-state index contributed by atoms with van der Waals surface area (Å²) >= 11 is 8.86. The summed E-state index contributed by atoms with van der Waals surface area (Å²) in [6.07, 6.45) is 5.59. The van der Waals surface area contributed by atoms with Gasteiger partial charge in [0.2, 0.25) is 0 Å². The number of amides is 1. The van der Waals surface area contributed by atoms with Crippen LogP contribution in [0.2, 0.25) is 0 Å². The topological polar surface area (TPSA) is 96.9 Å². The standard InChI is InChI=1S/C30H38BrN5O4S/c1-3-5-16-36-24-18-23(31)26(40-20-27(37)33-34-30(41)32-21-12-8-6-9-13-21)17-22(24)28(29(38)39-4-2)25(36)19-35-14-10-7-11-15-35/h6,8-9,12-13,17-18H,3-5,7,10-11,14-16,19-20H2,1-2H3,(H,33,37)(H2,32,34,41). The zero-order valence-corrected chi connectivity index (χ0v) is 26.0. The molecule has 1 aromatic heterocycles. The minimum atomic E-state index is -0.411. The molecule has 1 amide bonds. The second-order valence-corrected chi connectivity index (χ2v) is 11.2. The fourth-order valence-corrected chi connectivity index (χ4v) is 5.61. The van der Waals surface area contributed by atoms with Gasteiger partial charge in [-0.25, -0.2) is 4.79 Å². The van der Waals surface area contributed by atoms with Gasteiger partial charge >= 0.3 is 5.97 Å². The number of ether oxygens (including phenoxy) is 2. The lowest BCUT2D eigenvalue weighted by atomic mass is 10.1. The molecule has 3 N–H and O–H groups in total. The number of hydrogen-bond donors (Lipinski definition) is 3. The fourth-order valence-electron chi connectivity index (χ4n) is 5.00. The zero-order chi connectivity index (χ0) is 29.2. The molecule has 1 fully saturated rings. The third-order valence-electron chi connectivity index (χ3n) is 6.97. The first-order valence-corrected chi connectivity index (χ1v) is 15.4. The van der Waals surface area contributed by atoms with Crippen molar-refractivity contribution in [3.63, 3.8) is 0 Å². The Bertz CT molecular complexity index is 1360. The van der Waals surface area contributed by atoms with Crippen LogP contribution in [0.3, 0.4) is 0 Å². The molecule has 0 unspecified atom stereocenters. The lowest BCUT2D eigenvalue weighted by Crippen LogP contribution is -2.45. The number of rotatable bonds is 11. The van der Waals surface area contributed by atoms with Gasteiger partial charge in [-0.15, -0.1) is 0 Å². The number of esters is 1. The van der Waals surface area contributed by atoms with Gasteiger partial charge in [-0.1, -0.05) is 38.0 Å². The number of aromatic nitrogens is 1. The fraction of sp³-hybridized carbons (Fsp3) is 0.433. The first kappa shape index (κ1) is 30.8. The highest BCUT2D eigenvalue weighted by atomic mass is 79.9. The molecular weight excluding hydrogens is 606 g/mol. The Balaban J connectivity index is 1.55. The summed E-state index contributed by atoms with van der Waals surface area (Å²) in [6, 6.07) is 13.2. The summed E-state index contributed by atoms with van der Waals surface area (Å²) in [4.78, 5) is 28.3. The Morgan fingerprint density at radius 1 is 1.05 bits per heavy atom. The van der Waals surface area contributed by atoms with E-state index in [0.717, 1.165) is 67.6 Å². The molecule has 220 valence electrons. The molecule has 0 radical (unpaired) electrons. The van der Waals surface area contributed by atoms with Crippen LogP contribution >= 0.6 is 28.1 Å². The lowest BCUT2D eigenvalue weighted by Gasteiger charge is -2.27. The van der Waals surface area contributed by atoms with Gasteiger partial charge in [-0.05, 0) is 91.7 Å². The Kier molecular flexibility index (Phi) is 11.4. The summed E-state index contributed by atoms with van der Waals surface area (Å²) in [5.41, 5.74) is 8.51. The van der Waals surface area contributed by atoms with Crippen LogP contribution in [-0.2, 0) is 22.6 Å². The van der Waals surface area contributed by atoms with Gasteiger partial charge in [0, 0.05) is 29.9 Å². The molecule has 1 saturated heterocycles. The molecule has 0 saturated carbocycles. The SMILES string of the molecule is CCCCn1c(CN2CCCCC2)c(C(=O)OCC)c2cc(OCC(=O)NNC(=S)Nc3ccccc3)c(Br)cc21. The minimum Gasteiger partial charge on any atom is -0.482 e. The number of piperidine rings is 1. The number of benzene rings is 2. The van der Waals surface area contributed by atoms with Crippen molar-refractivity contribution in [3.8, 4) is 5.75 Å². The van der Waals surface area contributed by atoms with Crippen LogP contribution in [0.25, 0.3) is 10.9 Å². The molecular formula is C30H38BrN5O4S. The smallest absolute Gasteiger partial charge is 0.340 e. The number of nitrogens with one attached hydrogen (secondary N) is 3. The largest absolute Gasteiger partial charge is 0.482 e. The summed E-state index contributed by atoms with van der Waals surface area (Å²) in [5, 5.41) is 4.00. The van der Waals surface area contributed by atoms with E-state index in [1.807, 2.05) is 49.4 Å². The number of unbranched alkanes of at least 4 members (excludes halogenated alkanes) is 1. The van der Waals surface area contributed by atoms with E-state index < -0.39 is 5.91 Å². The number of halogens is 1. The number of hydrazine groups is 1. The van der Waals surface area contributed by atoms with Crippen molar-refractivity contribution in [2.45, 2.75) is 59.0 Å². The summed E-state index contributed by atoms with van der Waals surface area (Å²) in [6.45, 7) is 7.53. The molecule has 11 heteroatoms. The van der Waals surface area contributed by atoms with Crippen LogP contribution in [0.1, 0.15) is 62.0 Å². The van der Waals surface area contributed by atoms with E-state index in [4.69, 9.17) is 21.7 Å². The van der Waals surface area contributed by atoms with E-state index in [1.54, 1.807) is 0 Å². The molecule has 1 aliphatic rings. The van der Waals surface area contributed by atoms with Crippen molar-refractivity contribution < 1.29 is 19.1 Å². The quantitative estimate of drug-likeness (QED) is 0.138. The number of hydrogen-bond acceptors (Lipinski definition) is 6. The first-order chi connectivity index (χ1) is 19.9. The number of para-hydroxylation sites is 1. The van der Waals surface area contributed by atoms with Crippen LogP contribution in [0.15, 0.2) is 46.9 Å². The number of likely N-dealkylation sites (tertiary alicyclic amines) is 1. The predicted octanol–water partition coefficient (Wildman–Crippen LogP) is 5.76. The van der Waals surface area contributed by atoms with Crippen molar-refractivity contribution in [3.05, 3.63) is 58.2 Å². The molecule has 9 nitrogen and oxygen atoms in total. The highest BCUT2D eigenvalue weighted by Gasteiger charge is 2.27. The van der Waals surface area contributed by atoms with Crippen molar-refractivity contribution in [2.75, 3.05) is 31.6 Å². The van der Waals surface area contributed by atoms with Gasteiger partial charge in [0.15, 0.2) is 11.7 Å². The summed E-state index contributed by atoms with van der Waals surface area (Å²) in [5.74, 6) is -0.291. The Labute approximate surface area is 255 Å². The van der Waals surface area contributed by atoms with Crippen LogP contribution in [-0.4, -0.2) is 52.8 Å². The van der Waals surface area contributed by atoms with E-state index in [2.05, 4.69) is 48.5 Å². The predicted molar refractivity (Wildman–Crippen MR) is 169 cm³/mol. The maximum Gasteiger partial charge on any atom is 0.340 e. The van der Waals surface area contributed by atoms with E-state index >= 15 is 0 Å². The van der Waals surface area contributed by atoms with Gasteiger partial charge in [0.1, 0.15) is 5.75 Å². The second kappa shape index (κ2) is 15.2. The monoisotopic (exact) mass is 643 g/mol. The van der Waals surface area contributed by atoms with Gasteiger partial charge in [-0.3, -0.25) is 20.5 Å². The molecule has 2 heterocycles. The average Bonchev–Trinajstić information content (AvgIpc) is 3.26. The third kappa shape index (κ3) is 8.21. The zero-order valence-electron chi connectivity index (χ0n) is 23.6. The molecule has 0 aliphatic carbocycles. The molecule has 4 rings (SSSR count). The number of aryl methyl sites for hydroxylation is 1. The first-order valence-electron chi connectivity index (χ1n) is 14.2. The maximum atomic E-state index is 13.4. The Morgan fingerprint density at radius 3 is 2.51 bits per heavy atom. The molecule has 0 atom stereocenters. The van der Waals surface area contributed by atoms with E-state index in [9.17, 15) is 9.59 Å². The van der Waals surface area contributed by atoms with Gasteiger partial charge in [0.25, 0.3) is 5.91 Å². The number of thiocarbonyl (C=S) groups is 1. The molecule has 1 aliphatic heterocycles. The number of carbonyl (C=O) groups is 2. The highest BCUT2D eigenvalue weighted by molar-refractivity contribution is 9.10. The molecule has 2 aromatic carbocycles. The highest BCUT2D eigenvalue weighted by Crippen LogP contribution is 2.37. The third-order valence-corrected chi connectivity index (χ3v) is 7.79. The van der Waals surface area contributed by atoms with Crippen molar-refractivity contribution in [1.82, 2.24) is 20.3 Å². The normalized spacial score (nSPS) is 13.5. The van der Waals surface area contributed by atoms with Crippen LogP contribution < -0.4 is 20.9 Å². The Hall–Kier alpha value is -3.15. The van der Waals surface area contributed by atoms with Crippen LogP contribution in [0.4, 0.5) is 5.69 Å². The second-order valence-electron chi connectivity index (χ2n) is 9.97.